The van der Waals surface area contributed by atoms with Crippen LogP contribution < -0.4 is 36.6 Å². The quantitative estimate of drug-likeness (QED) is 0.0588. The molecule has 0 spiro atoms. The molecule has 348 valence electrons. The van der Waals surface area contributed by atoms with Gasteiger partial charge in [0.05, 0.1) is 13.2 Å². The number of aliphatic hydroxyl groups excluding tert-OH is 1. The van der Waals surface area contributed by atoms with Crippen molar-refractivity contribution in [2.75, 3.05) is 13.7 Å². The molecule has 0 aromatic carbocycles. The molecule has 65 heavy (non-hydrogen) atoms. The van der Waals surface area contributed by atoms with Crippen molar-refractivity contribution < 1.29 is 24.2 Å². The van der Waals surface area contributed by atoms with Gasteiger partial charge in [0.15, 0.2) is 0 Å². The van der Waals surface area contributed by atoms with E-state index in [1.165, 1.54) is 57.6 Å². The number of esters is 2. The number of aliphatic hydroxyl groups is 1. The smallest absolute Gasteiger partial charge is 0.657 e. The summed E-state index contributed by atoms with van der Waals surface area (Å²) in [5, 5.41) is 18.6. The third kappa shape index (κ3) is 11.7. The fourth-order valence-electron chi connectivity index (χ4n) is 10.5. The van der Waals surface area contributed by atoms with Gasteiger partial charge in [-0.2, -0.15) is 0 Å². The third-order valence-corrected chi connectivity index (χ3v) is 14.7. The van der Waals surface area contributed by atoms with Crippen molar-refractivity contribution in [3.05, 3.63) is 90.1 Å². The van der Waals surface area contributed by atoms with Gasteiger partial charge in [0.2, 0.25) is 0 Å². The van der Waals surface area contributed by atoms with Crippen LogP contribution in [-0.2, 0) is 25.5 Å². The van der Waals surface area contributed by atoms with Crippen molar-refractivity contribution in [2.24, 2.45) is 35.5 Å². The van der Waals surface area contributed by atoms with Crippen LogP contribution in [0.15, 0.2) is 23.9 Å². The van der Waals surface area contributed by atoms with Gasteiger partial charge in [-0.3, -0.25) is 9.59 Å². The predicted octanol–water partition coefficient (Wildman–Crippen LogP) is 8.24. The molecule has 0 amide bonds. The number of aromatic nitrogens is 3. The number of carbonyl (C=O) groups is 2. The van der Waals surface area contributed by atoms with Crippen molar-refractivity contribution in [3.63, 3.8) is 0 Å². The van der Waals surface area contributed by atoms with Crippen molar-refractivity contribution in [1.29, 1.82) is 0 Å². The Morgan fingerprint density at radius 3 is 2.22 bits per heavy atom. The molecule has 1 fully saturated rings. The second kappa shape index (κ2) is 23.0. The van der Waals surface area contributed by atoms with Gasteiger partial charge in [0.25, 0.3) is 0 Å². The van der Waals surface area contributed by atoms with Crippen LogP contribution in [-0.4, -0.2) is 64.8 Å². The van der Waals surface area contributed by atoms with E-state index in [2.05, 4.69) is 91.3 Å². The molecule has 10 heteroatoms. The minimum atomic E-state index is -1.03. The van der Waals surface area contributed by atoms with Crippen LogP contribution in [0.5, 0.6) is 0 Å². The molecule has 6 rings (SSSR count). The largest absolute Gasteiger partial charge is 2.00 e. The maximum Gasteiger partial charge on any atom is 2.00 e. The van der Waals surface area contributed by atoms with E-state index in [0.29, 0.717) is 28.3 Å². The number of hydrogen-bond donors (Lipinski definition) is 3. The molecule has 0 radical (unpaired) electrons. The van der Waals surface area contributed by atoms with Crippen LogP contribution in [0, 0.1) is 56.3 Å². The molecule has 1 aliphatic carbocycles. The van der Waals surface area contributed by atoms with Gasteiger partial charge in [0, 0.05) is 40.2 Å². The molecule has 1 saturated heterocycles. The fraction of sp³-hybridized carbons (Fsp3) is 0.564. The number of rotatable bonds is 20. The zero-order valence-corrected chi connectivity index (χ0v) is 42.9. The minimum absolute atomic E-state index is 0. The average Bonchev–Trinajstić information content (AvgIpc) is 3.99. The number of H-pyrrole nitrogens is 1. The van der Waals surface area contributed by atoms with Gasteiger partial charge in [-0.1, -0.05) is 134 Å². The summed E-state index contributed by atoms with van der Waals surface area (Å²) in [6.07, 6.45) is 23.0. The van der Waals surface area contributed by atoms with Crippen molar-refractivity contribution in [3.8, 4) is 0 Å². The van der Waals surface area contributed by atoms with Crippen molar-refractivity contribution >= 4 is 70.6 Å². The van der Waals surface area contributed by atoms with Crippen LogP contribution in [0.4, 0.5) is 0 Å². The van der Waals surface area contributed by atoms with E-state index in [1.54, 1.807) is 0 Å². The summed E-state index contributed by atoms with van der Waals surface area (Å²) in [4.78, 5) is 41.1. The molecule has 8 bridgehead atoms. The second-order valence-electron chi connectivity index (χ2n) is 19.8. The Morgan fingerprint density at radius 2 is 1.57 bits per heavy atom. The molecule has 3 aliphatic rings. The maximum absolute atomic E-state index is 13.7. The summed E-state index contributed by atoms with van der Waals surface area (Å²) in [7, 11) is 1.35. The number of hydrogen-bond acceptors (Lipinski definition) is 6. The molecule has 1 unspecified atom stereocenters. The minimum Gasteiger partial charge on any atom is -0.657 e. The Kier molecular flexibility index (Phi) is 18.4. The second-order valence-corrected chi connectivity index (χ2v) is 19.8. The molecule has 2 aliphatic heterocycles. The zero-order chi connectivity index (χ0) is 46.4. The van der Waals surface area contributed by atoms with E-state index < -0.39 is 17.9 Å². The van der Waals surface area contributed by atoms with E-state index in [-0.39, 0.29) is 59.6 Å². The first-order valence-corrected chi connectivity index (χ1v) is 24.3. The van der Waals surface area contributed by atoms with Crippen LogP contribution in [0.3, 0.4) is 0 Å². The zero-order valence-electron chi connectivity index (χ0n) is 41.5. The van der Waals surface area contributed by atoms with Gasteiger partial charge in [-0.05, 0) is 100 Å². The standard InChI is InChI=1S/C55H76N4O5.Mg/c1-13-39-35(8)42-28-44-37(10)41(24-25-48(60)64-27-26-34(7)23-17-22-33(6)21-16-20-32(5)19-15-18-31(3)4)52(58-44)50-51(55(62)63-12)54(61)49-38(11)45(59-53(49)50)30-47-40(14-2)36(9)43(57-47)29-46(39)56-42;/h13,26,28-33,37,41,51-52,56,58,61H,1,14-25,27H2,2-12H3;/q-2;+2/b34-26+,43-29-,44-28-,47-30-;/t32-,33-,37+,41+,51-,52?;/m1./s1. The number of allylic oxidation sites excluding steroid dienone is 2. The Hall–Kier alpha value is -4.15. The van der Waals surface area contributed by atoms with Crippen LogP contribution in [0.25, 0.3) is 35.6 Å². The average molecular weight is 898 g/mol. The number of carbonyl (C=O) groups excluding carboxylic acids is 2. The molecular weight excluding hydrogens is 821 g/mol. The van der Waals surface area contributed by atoms with Crippen LogP contribution in [0.1, 0.15) is 164 Å². The number of ether oxygens (including phenoxy) is 2. The molecule has 3 N–H and O–H groups in total. The van der Waals surface area contributed by atoms with Crippen LogP contribution in [0.2, 0.25) is 0 Å². The van der Waals surface area contributed by atoms with Crippen molar-refractivity contribution in [1.82, 2.24) is 20.3 Å². The van der Waals surface area contributed by atoms with E-state index in [1.807, 2.05) is 25.2 Å². The fourth-order valence-corrected chi connectivity index (χ4v) is 10.5. The summed E-state index contributed by atoms with van der Waals surface area (Å²) in [5.74, 6) is 0.262. The molecule has 5 heterocycles. The first-order valence-electron chi connectivity index (χ1n) is 24.3. The molecular formula is C55H76MgN4O5. The van der Waals surface area contributed by atoms with Gasteiger partial charge in [-0.15, -0.1) is 21.7 Å². The molecule has 3 aromatic rings. The van der Waals surface area contributed by atoms with E-state index in [4.69, 9.17) is 19.4 Å². The van der Waals surface area contributed by atoms with E-state index >= 15 is 0 Å². The van der Waals surface area contributed by atoms with Crippen LogP contribution >= 0.6 is 0 Å². The normalized spacial score (nSPS) is 21.7. The van der Waals surface area contributed by atoms with Crippen molar-refractivity contribution in [2.45, 2.75) is 152 Å². The molecule has 6 atom stereocenters. The monoisotopic (exact) mass is 897 g/mol. The number of fused-ring (bicyclic) bond motifs is 8. The van der Waals surface area contributed by atoms with Gasteiger partial charge >= 0.3 is 35.0 Å². The molecule has 3 aromatic heterocycles. The topological polar surface area (TPSA) is 129 Å². The predicted molar refractivity (Wildman–Crippen MR) is 267 cm³/mol. The summed E-state index contributed by atoms with van der Waals surface area (Å²) < 4.78 is 11.2. The SMILES string of the molecule is C=Cc1c2[nH]c(c1C)/C=C1\NC(C3=c4[n-]c(c(C)c4=C(O)[C@@H]3C(=O)OC)/C=c3\[n-]/c(c(C)c3CC)=C\2)[C@@H](CCC(=O)OC/C=C(\C)CCC[C@H](C)CCC[C@H](C)CCCC(C)C)[C@@H]1C.[Mg+2]. The van der Waals surface area contributed by atoms with Gasteiger partial charge in [0.1, 0.15) is 18.3 Å². The van der Waals surface area contributed by atoms with E-state index in [0.717, 1.165) is 92.6 Å². The third-order valence-electron chi connectivity index (χ3n) is 14.7. The number of nitrogens with zero attached hydrogens (tertiary/aromatic N) is 2. The molecule has 0 saturated carbocycles. The Labute approximate surface area is 404 Å². The summed E-state index contributed by atoms with van der Waals surface area (Å²) >= 11 is 0. The summed E-state index contributed by atoms with van der Waals surface area (Å²) in [6, 6.07) is -0.434. The van der Waals surface area contributed by atoms with Gasteiger partial charge < -0.3 is 34.8 Å². The Balaban J connectivity index is 0.00000793. The maximum atomic E-state index is 13.7. The summed E-state index contributed by atoms with van der Waals surface area (Å²) in [6.45, 7) is 26.4. The summed E-state index contributed by atoms with van der Waals surface area (Å²) in [5.41, 5.74) is 10.5. The van der Waals surface area contributed by atoms with Gasteiger partial charge in [-0.25, -0.2) is 0 Å². The van der Waals surface area contributed by atoms with E-state index in [9.17, 15) is 14.7 Å². The Morgan fingerprint density at radius 1 is 0.892 bits per heavy atom. The number of methoxy groups -OCH3 is 1. The number of nitrogens with one attached hydrogen (secondary N) is 2. The number of aromatic amines is 1. The Bertz CT molecular complexity index is 2510. The first-order chi connectivity index (χ1) is 30.6. The first kappa shape index (κ1) is 51.8. The molecule has 9 nitrogen and oxygen atoms in total.